The van der Waals surface area contributed by atoms with Gasteiger partial charge >= 0.3 is 0 Å². The summed E-state index contributed by atoms with van der Waals surface area (Å²) in [6.07, 6.45) is 0. The van der Waals surface area contributed by atoms with Gasteiger partial charge < -0.3 is 9.64 Å². The van der Waals surface area contributed by atoms with Crippen molar-refractivity contribution < 1.29 is 17.9 Å². The molecule has 0 saturated carbocycles. The Bertz CT molecular complexity index is 846. The summed E-state index contributed by atoms with van der Waals surface area (Å²) >= 11 is 0. The first-order valence-corrected chi connectivity index (χ1v) is 9.58. The van der Waals surface area contributed by atoms with Gasteiger partial charge in [0.1, 0.15) is 5.75 Å². The number of carbonyl (C=O) groups excluding carboxylic acids is 1. The molecule has 0 aliphatic carbocycles. The molecule has 6 nitrogen and oxygen atoms in total. The van der Waals surface area contributed by atoms with Crippen LogP contribution in [0.5, 0.6) is 5.75 Å². The Morgan fingerprint density at radius 3 is 2.12 bits per heavy atom. The highest BCUT2D eigenvalue weighted by atomic mass is 32.2. The van der Waals surface area contributed by atoms with Gasteiger partial charge in [-0.1, -0.05) is 29.8 Å². The fourth-order valence-corrected chi connectivity index (χ4v) is 3.50. The number of aryl methyl sites for hydroxylation is 1. The van der Waals surface area contributed by atoms with Crippen LogP contribution in [-0.4, -0.2) is 51.3 Å². The highest BCUT2D eigenvalue weighted by Crippen LogP contribution is 2.18. The molecule has 0 atom stereocenters. The largest absolute Gasteiger partial charge is 0.497 e. The average Bonchev–Trinajstić information content (AvgIpc) is 2.63. The number of hydrogen-bond acceptors (Lipinski definition) is 4. The molecule has 0 aliphatic heterocycles. The number of likely N-dealkylation sites (N-methyl/N-ethyl adjacent to an activating group) is 2. The summed E-state index contributed by atoms with van der Waals surface area (Å²) in [5, 5.41) is 0. The van der Waals surface area contributed by atoms with Crippen molar-refractivity contribution in [1.29, 1.82) is 0 Å². The van der Waals surface area contributed by atoms with Crippen LogP contribution in [0.15, 0.2) is 53.4 Å². The Kier molecular flexibility index (Phi) is 6.39. The second-order valence-corrected chi connectivity index (χ2v) is 8.22. The first-order chi connectivity index (χ1) is 12.2. The minimum atomic E-state index is -3.74. The maximum atomic E-state index is 12.6. The fraction of sp³-hybridized carbons (Fsp3) is 0.316. The summed E-state index contributed by atoms with van der Waals surface area (Å²) < 4.78 is 31.3. The number of amides is 1. The zero-order chi connectivity index (χ0) is 19.3. The van der Waals surface area contributed by atoms with Gasteiger partial charge in [0.05, 0.1) is 18.6 Å². The third kappa shape index (κ3) is 4.83. The number of sulfonamides is 1. The predicted molar refractivity (Wildman–Crippen MR) is 100 cm³/mol. The van der Waals surface area contributed by atoms with E-state index < -0.39 is 10.0 Å². The van der Waals surface area contributed by atoms with Crippen molar-refractivity contribution in [1.82, 2.24) is 9.21 Å². The van der Waals surface area contributed by atoms with Crippen molar-refractivity contribution in [3.63, 3.8) is 0 Å². The van der Waals surface area contributed by atoms with Gasteiger partial charge in [0.2, 0.25) is 15.9 Å². The molecule has 7 heteroatoms. The molecule has 2 aromatic carbocycles. The van der Waals surface area contributed by atoms with Crippen molar-refractivity contribution >= 4 is 15.9 Å². The van der Waals surface area contributed by atoms with E-state index in [-0.39, 0.29) is 17.3 Å². The molecular formula is C19H24N2O4S. The number of nitrogens with zero attached hydrogens (tertiary/aromatic N) is 2. The molecule has 0 heterocycles. The topological polar surface area (TPSA) is 66.9 Å². The summed E-state index contributed by atoms with van der Waals surface area (Å²) in [4.78, 5) is 14.0. The van der Waals surface area contributed by atoms with E-state index in [1.807, 2.05) is 31.2 Å². The molecule has 2 rings (SSSR count). The Morgan fingerprint density at radius 2 is 1.58 bits per heavy atom. The van der Waals surface area contributed by atoms with Gasteiger partial charge in [0.15, 0.2) is 0 Å². The number of benzene rings is 2. The summed E-state index contributed by atoms with van der Waals surface area (Å²) in [5.41, 5.74) is 2.14. The lowest BCUT2D eigenvalue weighted by Gasteiger charge is -2.22. The summed E-state index contributed by atoms with van der Waals surface area (Å²) in [5.74, 6) is 0.297. The van der Waals surface area contributed by atoms with Gasteiger partial charge in [-0.2, -0.15) is 4.31 Å². The van der Waals surface area contributed by atoms with Gasteiger partial charge in [-0.15, -0.1) is 0 Å². The van der Waals surface area contributed by atoms with Crippen LogP contribution in [0.25, 0.3) is 0 Å². The van der Waals surface area contributed by atoms with Crippen molar-refractivity contribution in [2.24, 2.45) is 0 Å². The summed E-state index contributed by atoms with van der Waals surface area (Å²) in [6, 6.07) is 13.9. The second kappa shape index (κ2) is 8.33. The van der Waals surface area contributed by atoms with Crippen LogP contribution in [0, 0.1) is 6.92 Å². The van der Waals surface area contributed by atoms with Gasteiger partial charge in [0.25, 0.3) is 0 Å². The number of hydrogen-bond donors (Lipinski definition) is 0. The monoisotopic (exact) mass is 376 g/mol. The lowest BCUT2D eigenvalue weighted by molar-refractivity contribution is -0.130. The van der Waals surface area contributed by atoms with Crippen molar-refractivity contribution in [3.05, 3.63) is 59.7 Å². The van der Waals surface area contributed by atoms with Gasteiger partial charge in [-0.05, 0) is 36.8 Å². The zero-order valence-electron chi connectivity index (χ0n) is 15.5. The van der Waals surface area contributed by atoms with E-state index in [4.69, 9.17) is 4.74 Å². The maximum absolute atomic E-state index is 12.6. The zero-order valence-corrected chi connectivity index (χ0v) is 16.3. The predicted octanol–water partition coefficient (Wildman–Crippen LogP) is 2.28. The minimum absolute atomic E-state index is 0.120. The molecule has 0 aromatic heterocycles. The van der Waals surface area contributed by atoms with Crippen LogP contribution in [0.3, 0.4) is 0 Å². The number of methoxy groups -OCH3 is 1. The molecule has 26 heavy (non-hydrogen) atoms. The third-order valence-electron chi connectivity index (χ3n) is 4.09. The highest BCUT2D eigenvalue weighted by Gasteiger charge is 2.24. The second-order valence-electron chi connectivity index (χ2n) is 6.17. The summed E-state index contributed by atoms with van der Waals surface area (Å²) in [7, 11) is 0.834. The highest BCUT2D eigenvalue weighted by molar-refractivity contribution is 7.89. The van der Waals surface area contributed by atoms with E-state index in [1.165, 1.54) is 31.2 Å². The molecular weight excluding hydrogens is 352 g/mol. The third-order valence-corrected chi connectivity index (χ3v) is 5.91. The van der Waals surface area contributed by atoms with E-state index in [0.29, 0.717) is 12.3 Å². The molecule has 0 bridgehead atoms. The first kappa shape index (κ1) is 19.9. The molecule has 0 spiro atoms. The number of ether oxygens (including phenoxy) is 1. The van der Waals surface area contributed by atoms with E-state index in [1.54, 1.807) is 19.2 Å². The van der Waals surface area contributed by atoms with E-state index in [2.05, 4.69) is 0 Å². The van der Waals surface area contributed by atoms with E-state index in [9.17, 15) is 13.2 Å². The lowest BCUT2D eigenvalue weighted by atomic mass is 10.1. The molecule has 0 saturated heterocycles. The fourth-order valence-electron chi connectivity index (χ4n) is 2.38. The van der Waals surface area contributed by atoms with Crippen LogP contribution in [-0.2, 0) is 21.4 Å². The normalized spacial score (nSPS) is 11.4. The lowest BCUT2D eigenvalue weighted by Crippen LogP contribution is -2.39. The first-order valence-electron chi connectivity index (χ1n) is 8.14. The molecule has 0 fully saturated rings. The molecule has 0 aliphatic rings. The van der Waals surface area contributed by atoms with Gasteiger partial charge in [0, 0.05) is 20.6 Å². The average molecular weight is 376 g/mol. The number of rotatable bonds is 7. The Labute approximate surface area is 155 Å². The number of carbonyl (C=O) groups is 1. The molecule has 0 N–H and O–H groups in total. The molecule has 0 unspecified atom stereocenters. The standard InChI is InChI=1S/C19H24N2O4S/c1-15-5-7-16(8-6-15)13-20(2)19(22)14-21(3)26(23,24)18-11-9-17(25-4)10-12-18/h5-12H,13-14H2,1-4H3. The molecule has 2 aromatic rings. The van der Waals surface area contributed by atoms with Crippen molar-refractivity contribution in [2.75, 3.05) is 27.7 Å². The quantitative estimate of drug-likeness (QED) is 0.744. The Balaban J connectivity index is 2.03. The maximum Gasteiger partial charge on any atom is 0.243 e. The van der Waals surface area contributed by atoms with Gasteiger partial charge in [-0.25, -0.2) is 8.42 Å². The van der Waals surface area contributed by atoms with E-state index in [0.717, 1.165) is 15.4 Å². The molecule has 1 amide bonds. The van der Waals surface area contributed by atoms with Crippen LogP contribution in [0.1, 0.15) is 11.1 Å². The van der Waals surface area contributed by atoms with Crippen LogP contribution >= 0.6 is 0 Å². The minimum Gasteiger partial charge on any atom is -0.497 e. The van der Waals surface area contributed by atoms with Crippen molar-refractivity contribution in [3.8, 4) is 5.75 Å². The molecule has 0 radical (unpaired) electrons. The Hall–Kier alpha value is -2.38. The van der Waals surface area contributed by atoms with Crippen LogP contribution < -0.4 is 4.74 Å². The summed E-state index contributed by atoms with van der Waals surface area (Å²) in [6.45, 7) is 2.20. The molecule has 140 valence electrons. The van der Waals surface area contributed by atoms with Crippen LogP contribution in [0.2, 0.25) is 0 Å². The SMILES string of the molecule is COc1ccc(S(=O)(=O)N(C)CC(=O)N(C)Cc2ccc(C)cc2)cc1. The smallest absolute Gasteiger partial charge is 0.243 e. The van der Waals surface area contributed by atoms with Crippen LogP contribution in [0.4, 0.5) is 0 Å². The van der Waals surface area contributed by atoms with E-state index >= 15 is 0 Å². The van der Waals surface area contributed by atoms with Gasteiger partial charge in [-0.3, -0.25) is 4.79 Å². The van der Waals surface area contributed by atoms with Crippen molar-refractivity contribution in [2.45, 2.75) is 18.4 Å². The Morgan fingerprint density at radius 1 is 1.00 bits per heavy atom.